The van der Waals surface area contributed by atoms with Crippen LogP contribution in [-0.4, -0.2) is 50.6 Å². The molecule has 0 bridgehead atoms. The van der Waals surface area contributed by atoms with Crippen LogP contribution in [0.25, 0.3) is 0 Å². The van der Waals surface area contributed by atoms with Crippen LogP contribution in [0, 0.1) is 12.7 Å². The number of sulfonamides is 1. The molecule has 0 spiro atoms. The summed E-state index contributed by atoms with van der Waals surface area (Å²) in [5.41, 5.74) is 0.311. The topological polar surface area (TPSA) is 83.9 Å². The number of aliphatic carboxylic acids is 1. The largest absolute Gasteiger partial charge is 0.480 e. The predicted molar refractivity (Wildman–Crippen MR) is 69.4 cm³/mol. The summed E-state index contributed by atoms with van der Waals surface area (Å²) >= 11 is 0. The van der Waals surface area contributed by atoms with Crippen LogP contribution < -0.4 is 0 Å². The molecule has 0 heterocycles. The molecule has 0 saturated heterocycles. The van der Waals surface area contributed by atoms with Gasteiger partial charge in [-0.05, 0) is 24.6 Å². The van der Waals surface area contributed by atoms with Crippen LogP contribution in [0.4, 0.5) is 4.39 Å². The summed E-state index contributed by atoms with van der Waals surface area (Å²) in [6, 6.07) is 3.46. The average Bonchev–Trinajstić information content (AvgIpc) is 2.37. The van der Waals surface area contributed by atoms with Gasteiger partial charge < -0.3 is 9.84 Å². The second-order valence-electron chi connectivity index (χ2n) is 4.14. The summed E-state index contributed by atoms with van der Waals surface area (Å²) in [7, 11) is -2.70. The number of halogens is 1. The van der Waals surface area contributed by atoms with Crippen LogP contribution in [0.2, 0.25) is 0 Å². The van der Waals surface area contributed by atoms with Gasteiger partial charge in [-0.25, -0.2) is 12.8 Å². The van der Waals surface area contributed by atoms with Crippen molar-refractivity contribution in [1.29, 1.82) is 0 Å². The summed E-state index contributed by atoms with van der Waals surface area (Å²) < 4.78 is 43.5. The van der Waals surface area contributed by atoms with E-state index in [4.69, 9.17) is 9.84 Å². The second kappa shape index (κ2) is 6.78. The number of hydrogen-bond donors (Lipinski definition) is 1. The molecular formula is C12H16FNO5S. The van der Waals surface area contributed by atoms with E-state index in [-0.39, 0.29) is 18.0 Å². The van der Waals surface area contributed by atoms with Crippen molar-refractivity contribution in [2.45, 2.75) is 11.8 Å². The summed E-state index contributed by atoms with van der Waals surface area (Å²) in [5.74, 6) is -1.95. The third-order valence-electron chi connectivity index (χ3n) is 2.64. The summed E-state index contributed by atoms with van der Waals surface area (Å²) in [5, 5.41) is 8.77. The molecule has 0 radical (unpaired) electrons. The molecule has 0 amide bonds. The van der Waals surface area contributed by atoms with Crippen LogP contribution in [0.1, 0.15) is 5.56 Å². The van der Waals surface area contributed by atoms with E-state index in [0.29, 0.717) is 5.56 Å². The normalized spacial score (nSPS) is 11.8. The van der Waals surface area contributed by atoms with Gasteiger partial charge in [0.05, 0.1) is 11.5 Å². The number of carboxylic acid groups (broad SMARTS) is 1. The molecule has 8 heteroatoms. The molecule has 112 valence electrons. The molecule has 1 rings (SSSR count). The first kappa shape index (κ1) is 16.5. The molecule has 0 atom stereocenters. The first-order chi connectivity index (χ1) is 9.28. The van der Waals surface area contributed by atoms with Crippen LogP contribution in [0.5, 0.6) is 0 Å². The number of rotatable bonds is 7. The van der Waals surface area contributed by atoms with E-state index in [0.717, 1.165) is 10.4 Å². The molecule has 0 aromatic heterocycles. The minimum Gasteiger partial charge on any atom is -0.480 e. The fraction of sp³-hybridized carbons (Fsp3) is 0.417. The SMILES string of the molecule is COCCN(CC(=O)O)S(=O)(=O)c1ccc(C)c(F)c1. The zero-order valence-corrected chi connectivity index (χ0v) is 12.0. The fourth-order valence-corrected chi connectivity index (χ4v) is 2.90. The Bertz CT molecular complexity index is 588. The van der Waals surface area contributed by atoms with Crippen LogP contribution in [0.15, 0.2) is 23.1 Å². The molecule has 1 N–H and O–H groups in total. The highest BCUT2D eigenvalue weighted by atomic mass is 32.2. The van der Waals surface area contributed by atoms with Gasteiger partial charge in [0.25, 0.3) is 0 Å². The smallest absolute Gasteiger partial charge is 0.318 e. The van der Waals surface area contributed by atoms with E-state index >= 15 is 0 Å². The van der Waals surface area contributed by atoms with E-state index in [1.807, 2.05) is 0 Å². The van der Waals surface area contributed by atoms with Crippen molar-refractivity contribution >= 4 is 16.0 Å². The highest BCUT2D eigenvalue weighted by molar-refractivity contribution is 7.89. The molecule has 20 heavy (non-hydrogen) atoms. The maximum absolute atomic E-state index is 13.5. The third kappa shape index (κ3) is 3.99. The quantitative estimate of drug-likeness (QED) is 0.807. The maximum atomic E-state index is 13.5. The van der Waals surface area contributed by atoms with Crippen molar-refractivity contribution in [3.63, 3.8) is 0 Å². The Labute approximate surface area is 116 Å². The van der Waals surface area contributed by atoms with E-state index in [9.17, 15) is 17.6 Å². The monoisotopic (exact) mass is 305 g/mol. The molecule has 0 saturated carbocycles. The fourth-order valence-electron chi connectivity index (χ4n) is 1.51. The average molecular weight is 305 g/mol. The van der Waals surface area contributed by atoms with Crippen LogP contribution >= 0.6 is 0 Å². The first-order valence-electron chi connectivity index (χ1n) is 5.76. The van der Waals surface area contributed by atoms with Gasteiger partial charge in [0.15, 0.2) is 0 Å². The van der Waals surface area contributed by atoms with Gasteiger partial charge in [0, 0.05) is 13.7 Å². The number of carboxylic acids is 1. The zero-order valence-electron chi connectivity index (χ0n) is 11.2. The molecule has 0 fully saturated rings. The van der Waals surface area contributed by atoms with Crippen LogP contribution in [-0.2, 0) is 19.6 Å². The number of methoxy groups -OCH3 is 1. The predicted octanol–water partition coefficient (Wildman–Crippen LogP) is 0.856. The van der Waals surface area contributed by atoms with Crippen molar-refractivity contribution < 1.29 is 27.4 Å². The van der Waals surface area contributed by atoms with Crippen LogP contribution in [0.3, 0.4) is 0 Å². The van der Waals surface area contributed by atoms with Gasteiger partial charge in [-0.1, -0.05) is 6.07 Å². The molecule has 0 unspecified atom stereocenters. The number of hydrogen-bond acceptors (Lipinski definition) is 4. The molecule has 1 aromatic carbocycles. The lowest BCUT2D eigenvalue weighted by atomic mass is 10.2. The van der Waals surface area contributed by atoms with Crippen molar-refractivity contribution in [2.24, 2.45) is 0 Å². The minimum atomic E-state index is -4.08. The lowest BCUT2D eigenvalue weighted by Crippen LogP contribution is -2.38. The molecular weight excluding hydrogens is 289 g/mol. The van der Waals surface area contributed by atoms with Gasteiger partial charge in [-0.2, -0.15) is 4.31 Å². The molecule has 0 aliphatic heterocycles. The van der Waals surface area contributed by atoms with Crippen molar-refractivity contribution in [2.75, 3.05) is 26.8 Å². The minimum absolute atomic E-state index is 0.0425. The van der Waals surface area contributed by atoms with E-state index in [1.165, 1.54) is 26.2 Å². The van der Waals surface area contributed by atoms with E-state index in [2.05, 4.69) is 0 Å². The van der Waals surface area contributed by atoms with Crippen molar-refractivity contribution in [3.8, 4) is 0 Å². The van der Waals surface area contributed by atoms with Crippen molar-refractivity contribution in [1.82, 2.24) is 4.31 Å². The molecule has 0 aliphatic carbocycles. The number of ether oxygens (including phenoxy) is 1. The Balaban J connectivity index is 3.13. The summed E-state index contributed by atoms with van der Waals surface area (Å²) in [6.07, 6.45) is 0. The number of nitrogens with zero attached hydrogens (tertiary/aromatic N) is 1. The van der Waals surface area contributed by atoms with Gasteiger partial charge in [0.1, 0.15) is 12.4 Å². The molecule has 6 nitrogen and oxygen atoms in total. The first-order valence-corrected chi connectivity index (χ1v) is 7.20. The van der Waals surface area contributed by atoms with Crippen molar-refractivity contribution in [3.05, 3.63) is 29.6 Å². The Morgan fingerprint density at radius 1 is 1.45 bits per heavy atom. The van der Waals surface area contributed by atoms with E-state index < -0.39 is 28.4 Å². The Morgan fingerprint density at radius 2 is 2.10 bits per heavy atom. The molecule has 1 aromatic rings. The number of carbonyl (C=O) groups is 1. The highest BCUT2D eigenvalue weighted by Crippen LogP contribution is 2.18. The van der Waals surface area contributed by atoms with Gasteiger partial charge in [0.2, 0.25) is 10.0 Å². The Morgan fingerprint density at radius 3 is 2.60 bits per heavy atom. The van der Waals surface area contributed by atoms with Gasteiger partial charge in [-0.15, -0.1) is 0 Å². The molecule has 0 aliphatic rings. The number of aryl methyl sites for hydroxylation is 1. The third-order valence-corrected chi connectivity index (χ3v) is 4.48. The second-order valence-corrected chi connectivity index (χ2v) is 6.07. The highest BCUT2D eigenvalue weighted by Gasteiger charge is 2.26. The van der Waals surface area contributed by atoms with Gasteiger partial charge >= 0.3 is 5.97 Å². The maximum Gasteiger partial charge on any atom is 0.318 e. The Kier molecular flexibility index (Phi) is 5.61. The standard InChI is InChI=1S/C12H16FNO5S/c1-9-3-4-10(7-11(9)13)20(17,18)14(5-6-19-2)8-12(15)16/h3-4,7H,5-6,8H2,1-2H3,(H,15,16). The Hall–Kier alpha value is -1.51. The van der Waals surface area contributed by atoms with E-state index in [1.54, 1.807) is 0 Å². The summed E-state index contributed by atoms with van der Waals surface area (Å²) in [6.45, 7) is 0.717. The zero-order chi connectivity index (χ0) is 15.3. The lowest BCUT2D eigenvalue weighted by Gasteiger charge is -2.20. The van der Waals surface area contributed by atoms with Gasteiger partial charge in [-0.3, -0.25) is 4.79 Å². The number of benzene rings is 1. The summed E-state index contributed by atoms with van der Waals surface area (Å²) in [4.78, 5) is 10.5. The lowest BCUT2D eigenvalue weighted by molar-refractivity contribution is -0.137.